The van der Waals surface area contributed by atoms with Gasteiger partial charge in [0.1, 0.15) is 0 Å². The minimum Gasteiger partial charge on any atom is -0.293 e. The molecule has 0 aromatic carbocycles. The van der Waals surface area contributed by atoms with Crippen molar-refractivity contribution in [2.45, 2.75) is 13.8 Å². The molecule has 0 saturated carbocycles. The maximum absolute atomic E-state index is 12.2. The number of Topliss-reactive ketones (excluding diaryl/α,β-unsaturated/α-hetero) is 2. The first-order valence-electron chi connectivity index (χ1n) is 5.63. The molecule has 5 heteroatoms. The summed E-state index contributed by atoms with van der Waals surface area (Å²) >= 11 is 1.36. The SMILES string of the molecule is Cc1nn(C)cc1C(=O)C(C)C(=O)c1cccs1. The number of carbonyl (C=O) groups is 2. The number of aromatic nitrogens is 2. The number of nitrogens with zero attached hydrogens (tertiary/aromatic N) is 2. The summed E-state index contributed by atoms with van der Waals surface area (Å²) in [5.41, 5.74) is 1.18. The molecule has 0 N–H and O–H groups in total. The lowest BCUT2D eigenvalue weighted by atomic mass is 9.95. The first-order valence-corrected chi connectivity index (χ1v) is 6.51. The zero-order valence-corrected chi connectivity index (χ0v) is 11.3. The third-order valence-electron chi connectivity index (χ3n) is 2.83. The summed E-state index contributed by atoms with van der Waals surface area (Å²) in [6, 6.07) is 3.55. The maximum Gasteiger partial charge on any atom is 0.183 e. The number of rotatable bonds is 4. The average Bonchev–Trinajstić information content (AvgIpc) is 2.96. The van der Waals surface area contributed by atoms with Crippen LogP contribution in [0.15, 0.2) is 23.7 Å². The van der Waals surface area contributed by atoms with E-state index in [1.54, 1.807) is 37.8 Å². The highest BCUT2D eigenvalue weighted by atomic mass is 32.1. The molecule has 94 valence electrons. The van der Waals surface area contributed by atoms with Gasteiger partial charge in [0.15, 0.2) is 11.6 Å². The van der Waals surface area contributed by atoms with Crippen molar-refractivity contribution in [3.63, 3.8) is 0 Å². The molecule has 2 heterocycles. The van der Waals surface area contributed by atoms with Crippen LogP contribution in [0.1, 0.15) is 32.6 Å². The van der Waals surface area contributed by atoms with Crippen molar-refractivity contribution in [3.05, 3.63) is 39.8 Å². The molecule has 18 heavy (non-hydrogen) atoms. The van der Waals surface area contributed by atoms with Crippen LogP contribution in [-0.4, -0.2) is 21.3 Å². The molecular formula is C13H14N2O2S. The summed E-state index contributed by atoms with van der Waals surface area (Å²) in [5.74, 6) is -0.955. The molecule has 1 unspecified atom stereocenters. The minimum atomic E-state index is -0.661. The number of hydrogen-bond acceptors (Lipinski definition) is 4. The lowest BCUT2D eigenvalue weighted by Gasteiger charge is -2.07. The molecular weight excluding hydrogens is 248 g/mol. The van der Waals surface area contributed by atoms with E-state index in [0.29, 0.717) is 16.1 Å². The molecule has 0 saturated heterocycles. The Morgan fingerprint density at radius 3 is 2.61 bits per heavy atom. The first kappa shape index (κ1) is 12.7. The van der Waals surface area contributed by atoms with E-state index in [4.69, 9.17) is 0 Å². The van der Waals surface area contributed by atoms with Crippen molar-refractivity contribution in [1.82, 2.24) is 9.78 Å². The van der Waals surface area contributed by atoms with Gasteiger partial charge in [0.2, 0.25) is 0 Å². The molecule has 0 radical (unpaired) electrons. The van der Waals surface area contributed by atoms with Gasteiger partial charge in [-0.2, -0.15) is 5.10 Å². The lowest BCUT2D eigenvalue weighted by molar-refractivity contribution is 0.0823. The second-order valence-corrected chi connectivity index (χ2v) is 5.18. The normalized spacial score (nSPS) is 12.4. The third-order valence-corrected chi connectivity index (χ3v) is 3.71. The quantitative estimate of drug-likeness (QED) is 0.628. The van der Waals surface area contributed by atoms with Crippen LogP contribution in [-0.2, 0) is 7.05 Å². The van der Waals surface area contributed by atoms with Crippen molar-refractivity contribution in [1.29, 1.82) is 0 Å². The highest BCUT2D eigenvalue weighted by Gasteiger charge is 2.26. The predicted molar refractivity (Wildman–Crippen MR) is 70.1 cm³/mol. The van der Waals surface area contributed by atoms with Crippen LogP contribution >= 0.6 is 11.3 Å². The second-order valence-electron chi connectivity index (χ2n) is 4.23. The van der Waals surface area contributed by atoms with E-state index < -0.39 is 5.92 Å². The minimum absolute atomic E-state index is 0.127. The van der Waals surface area contributed by atoms with Gasteiger partial charge in [-0.15, -0.1) is 11.3 Å². The number of thiophene rings is 1. The summed E-state index contributed by atoms with van der Waals surface area (Å²) < 4.78 is 1.59. The Morgan fingerprint density at radius 1 is 1.39 bits per heavy atom. The molecule has 0 aliphatic carbocycles. The average molecular weight is 262 g/mol. The Labute approximate surface area is 109 Å². The van der Waals surface area contributed by atoms with Crippen molar-refractivity contribution < 1.29 is 9.59 Å². The van der Waals surface area contributed by atoms with E-state index in [0.717, 1.165) is 0 Å². The van der Waals surface area contributed by atoms with Gasteiger partial charge < -0.3 is 0 Å². The largest absolute Gasteiger partial charge is 0.293 e. The molecule has 2 rings (SSSR count). The maximum atomic E-state index is 12.2. The number of hydrogen-bond donors (Lipinski definition) is 0. The summed E-state index contributed by atoms with van der Waals surface area (Å²) in [7, 11) is 1.76. The molecule has 4 nitrogen and oxygen atoms in total. The molecule has 0 fully saturated rings. The molecule has 2 aromatic heterocycles. The molecule has 0 spiro atoms. The number of carbonyl (C=O) groups excluding carboxylic acids is 2. The zero-order chi connectivity index (χ0) is 13.3. The van der Waals surface area contributed by atoms with E-state index in [2.05, 4.69) is 5.10 Å². The van der Waals surface area contributed by atoms with Crippen LogP contribution in [0.3, 0.4) is 0 Å². The summed E-state index contributed by atoms with van der Waals surface area (Å²) in [4.78, 5) is 25.0. The van der Waals surface area contributed by atoms with Gasteiger partial charge in [0.25, 0.3) is 0 Å². The Bertz CT molecular complexity index is 584. The van der Waals surface area contributed by atoms with Crippen molar-refractivity contribution in [2.24, 2.45) is 13.0 Å². The Hall–Kier alpha value is -1.75. The van der Waals surface area contributed by atoms with E-state index >= 15 is 0 Å². The number of ketones is 2. The monoisotopic (exact) mass is 262 g/mol. The van der Waals surface area contributed by atoms with Gasteiger partial charge in [-0.3, -0.25) is 14.3 Å². The van der Waals surface area contributed by atoms with Crippen molar-refractivity contribution in [2.75, 3.05) is 0 Å². The fourth-order valence-corrected chi connectivity index (χ4v) is 2.58. The molecule has 0 aliphatic rings. The highest BCUT2D eigenvalue weighted by molar-refractivity contribution is 7.12. The van der Waals surface area contributed by atoms with Crippen molar-refractivity contribution >= 4 is 22.9 Å². The summed E-state index contributed by atoms with van der Waals surface area (Å²) in [6.45, 7) is 3.42. The van der Waals surface area contributed by atoms with Crippen LogP contribution in [0.25, 0.3) is 0 Å². The lowest BCUT2D eigenvalue weighted by Crippen LogP contribution is -2.21. The topological polar surface area (TPSA) is 52.0 Å². The molecule has 0 amide bonds. The zero-order valence-electron chi connectivity index (χ0n) is 10.5. The standard InChI is InChI=1S/C13H14N2O2S/c1-8(13(17)11-5-4-6-18-11)12(16)10-7-15(3)14-9(10)2/h4-8H,1-3H3. The molecule has 2 aromatic rings. The summed E-state index contributed by atoms with van der Waals surface area (Å²) in [6.07, 6.45) is 1.66. The van der Waals surface area contributed by atoms with E-state index in [-0.39, 0.29) is 11.6 Å². The Kier molecular flexibility index (Phi) is 3.43. The van der Waals surface area contributed by atoms with Crippen LogP contribution in [0.5, 0.6) is 0 Å². The Morgan fingerprint density at radius 2 is 2.11 bits per heavy atom. The molecule has 0 aliphatic heterocycles. The molecule has 0 bridgehead atoms. The van der Waals surface area contributed by atoms with Gasteiger partial charge >= 0.3 is 0 Å². The third kappa shape index (κ3) is 2.26. The fourth-order valence-electron chi connectivity index (χ4n) is 1.83. The van der Waals surface area contributed by atoms with Gasteiger partial charge in [-0.1, -0.05) is 6.07 Å². The van der Waals surface area contributed by atoms with Gasteiger partial charge in [0.05, 0.1) is 22.1 Å². The van der Waals surface area contributed by atoms with Gasteiger partial charge in [-0.05, 0) is 25.3 Å². The second kappa shape index (κ2) is 4.86. The van der Waals surface area contributed by atoms with Crippen LogP contribution in [0.2, 0.25) is 0 Å². The smallest absolute Gasteiger partial charge is 0.183 e. The Balaban J connectivity index is 2.24. The van der Waals surface area contributed by atoms with E-state index in [1.807, 2.05) is 11.4 Å². The predicted octanol–water partition coefficient (Wildman–Crippen LogP) is 2.49. The number of aryl methyl sites for hydroxylation is 2. The van der Waals surface area contributed by atoms with E-state index in [1.165, 1.54) is 11.3 Å². The van der Waals surface area contributed by atoms with E-state index in [9.17, 15) is 9.59 Å². The summed E-state index contributed by atoms with van der Waals surface area (Å²) in [5, 5.41) is 5.96. The first-order chi connectivity index (χ1) is 8.50. The highest BCUT2D eigenvalue weighted by Crippen LogP contribution is 2.19. The molecule has 1 atom stereocenters. The van der Waals surface area contributed by atoms with Gasteiger partial charge in [0, 0.05) is 13.2 Å². The van der Waals surface area contributed by atoms with Crippen LogP contribution in [0, 0.1) is 12.8 Å². The fraction of sp³-hybridized carbons (Fsp3) is 0.308. The van der Waals surface area contributed by atoms with Crippen LogP contribution in [0.4, 0.5) is 0 Å². The van der Waals surface area contributed by atoms with Crippen LogP contribution < -0.4 is 0 Å². The van der Waals surface area contributed by atoms with Gasteiger partial charge in [-0.25, -0.2) is 0 Å². The van der Waals surface area contributed by atoms with Crippen molar-refractivity contribution in [3.8, 4) is 0 Å².